The summed E-state index contributed by atoms with van der Waals surface area (Å²) in [6, 6.07) is 24.4. The quantitative estimate of drug-likeness (QED) is 0.226. The largest absolute Gasteiger partial charge is 0.497 e. The average molecular weight is 554 g/mol. The number of sulfonamides is 1. The molecule has 0 aromatic heterocycles. The van der Waals surface area contributed by atoms with Crippen LogP contribution in [-0.4, -0.2) is 51.5 Å². The van der Waals surface area contributed by atoms with E-state index in [-0.39, 0.29) is 30.4 Å². The molecule has 0 aliphatic rings. The summed E-state index contributed by atoms with van der Waals surface area (Å²) >= 11 is 0. The predicted molar refractivity (Wildman–Crippen MR) is 150 cm³/mol. The van der Waals surface area contributed by atoms with Crippen molar-refractivity contribution in [3.05, 3.63) is 109 Å². The van der Waals surface area contributed by atoms with Crippen molar-refractivity contribution in [3.63, 3.8) is 0 Å². The van der Waals surface area contributed by atoms with Crippen molar-refractivity contribution in [2.75, 3.05) is 26.9 Å². The number of rotatable bonds is 12. The van der Waals surface area contributed by atoms with Gasteiger partial charge in [-0.2, -0.15) is 4.31 Å². The number of esters is 2. The van der Waals surface area contributed by atoms with Crippen LogP contribution in [0.15, 0.2) is 102 Å². The van der Waals surface area contributed by atoms with Crippen molar-refractivity contribution in [1.82, 2.24) is 4.31 Å². The van der Waals surface area contributed by atoms with Crippen molar-refractivity contribution in [2.45, 2.75) is 31.2 Å². The van der Waals surface area contributed by atoms with Crippen LogP contribution in [0, 0.1) is 0 Å². The smallest absolute Gasteiger partial charge is 0.330 e. The number of nitrogens with zero attached hydrogens (tertiary/aromatic N) is 1. The van der Waals surface area contributed by atoms with Gasteiger partial charge in [0.05, 0.1) is 37.7 Å². The molecule has 0 spiro atoms. The van der Waals surface area contributed by atoms with Crippen molar-refractivity contribution >= 4 is 22.0 Å². The van der Waals surface area contributed by atoms with Crippen molar-refractivity contribution in [3.8, 4) is 5.75 Å². The van der Waals surface area contributed by atoms with Crippen LogP contribution >= 0.6 is 0 Å². The molecule has 0 aliphatic carbocycles. The molecule has 0 fully saturated rings. The Morgan fingerprint density at radius 2 is 1.36 bits per heavy atom. The van der Waals surface area contributed by atoms with E-state index in [0.29, 0.717) is 12.4 Å². The minimum atomic E-state index is -3.96. The second-order valence-corrected chi connectivity index (χ2v) is 9.92. The van der Waals surface area contributed by atoms with E-state index >= 15 is 0 Å². The Morgan fingerprint density at radius 3 is 1.77 bits per heavy atom. The minimum Gasteiger partial charge on any atom is -0.497 e. The van der Waals surface area contributed by atoms with Gasteiger partial charge in [-0.05, 0) is 49.2 Å². The van der Waals surface area contributed by atoms with Gasteiger partial charge in [-0.1, -0.05) is 67.2 Å². The van der Waals surface area contributed by atoms with Crippen LogP contribution in [0.2, 0.25) is 0 Å². The molecule has 0 aliphatic heterocycles. The molecule has 0 bridgehead atoms. The van der Waals surface area contributed by atoms with E-state index in [4.69, 9.17) is 9.47 Å². The molecule has 0 atom stereocenters. The highest BCUT2D eigenvalue weighted by molar-refractivity contribution is 7.89. The fraction of sp³-hybridized carbons (Fsp3) is 0.267. The summed E-state index contributed by atoms with van der Waals surface area (Å²) in [5.74, 6) is -0.241. The molecule has 9 heteroatoms. The Kier molecular flexibility index (Phi) is 12.9. The van der Waals surface area contributed by atoms with Crippen LogP contribution < -0.4 is 4.74 Å². The van der Waals surface area contributed by atoms with Crippen LogP contribution in [-0.2, 0) is 29.1 Å². The van der Waals surface area contributed by atoms with Gasteiger partial charge in [-0.25, -0.2) is 13.2 Å². The molecule has 0 saturated carbocycles. The van der Waals surface area contributed by atoms with Gasteiger partial charge in [0.1, 0.15) is 5.75 Å². The lowest BCUT2D eigenvalue weighted by atomic mass is 9.98. The van der Waals surface area contributed by atoms with E-state index in [1.54, 1.807) is 26.0 Å². The molecular weight excluding hydrogens is 518 g/mol. The summed E-state index contributed by atoms with van der Waals surface area (Å²) in [5.41, 5.74) is 1.61. The Labute approximate surface area is 230 Å². The number of hydrogen-bond donors (Lipinski definition) is 0. The van der Waals surface area contributed by atoms with E-state index in [9.17, 15) is 18.0 Å². The fourth-order valence-electron chi connectivity index (χ4n) is 3.70. The van der Waals surface area contributed by atoms with E-state index in [1.165, 1.54) is 23.5 Å². The lowest BCUT2D eigenvalue weighted by molar-refractivity contribution is -0.143. The highest BCUT2D eigenvalue weighted by Gasteiger charge is 2.34. The number of carbonyl (C=O) groups excluding carboxylic acids is 2. The summed E-state index contributed by atoms with van der Waals surface area (Å²) in [5, 5.41) is 0. The van der Waals surface area contributed by atoms with E-state index in [1.807, 2.05) is 60.7 Å². The molecule has 3 rings (SSSR count). The van der Waals surface area contributed by atoms with Gasteiger partial charge in [0.2, 0.25) is 10.0 Å². The summed E-state index contributed by atoms with van der Waals surface area (Å²) < 4.78 is 43.7. The normalized spacial score (nSPS) is 10.8. The number of ether oxygens (including phenoxy) is 3. The fourth-order valence-corrected chi connectivity index (χ4v) is 5.31. The first-order chi connectivity index (χ1) is 18.8. The summed E-state index contributed by atoms with van der Waals surface area (Å²) in [7, 11) is -2.44. The molecule has 3 aromatic rings. The molecule has 0 heterocycles. The molecule has 208 valence electrons. The highest BCUT2D eigenvalue weighted by Crippen LogP contribution is 2.34. The third-order valence-corrected chi connectivity index (χ3v) is 7.36. The maximum Gasteiger partial charge on any atom is 0.330 e. The van der Waals surface area contributed by atoms with Crippen LogP contribution in [0.4, 0.5) is 0 Å². The van der Waals surface area contributed by atoms with Gasteiger partial charge >= 0.3 is 11.9 Å². The molecule has 3 aromatic carbocycles. The van der Waals surface area contributed by atoms with Crippen molar-refractivity contribution < 1.29 is 32.2 Å². The maximum absolute atomic E-state index is 13.8. The lowest BCUT2D eigenvalue weighted by Crippen LogP contribution is -2.37. The van der Waals surface area contributed by atoms with E-state index in [2.05, 4.69) is 11.3 Å². The number of carbonyl (C=O) groups is 2. The van der Waals surface area contributed by atoms with Gasteiger partial charge in [-0.3, -0.25) is 4.79 Å². The zero-order chi connectivity index (χ0) is 28.7. The Hall–Kier alpha value is -3.95. The first-order valence-corrected chi connectivity index (χ1v) is 13.9. The van der Waals surface area contributed by atoms with E-state index < -0.39 is 22.0 Å². The second-order valence-electron chi connectivity index (χ2n) is 8.03. The standard InChI is InChI=1S/C25H27NO5S.C5H8O2/c1-3-31-24(27)18-19-26(32(28,29)23-16-14-22(30-2)15-17-23)25(20-10-6-4-7-11-20)21-12-8-5-9-13-21;1-3-5(6)7-4-2/h4-17,25H,3,18-19H2,1-2H3;3H,1,4H2,2H3. The lowest BCUT2D eigenvalue weighted by Gasteiger charge is -2.31. The Morgan fingerprint density at radius 1 is 0.846 bits per heavy atom. The van der Waals surface area contributed by atoms with Gasteiger partial charge in [-0.15, -0.1) is 0 Å². The molecule has 0 radical (unpaired) electrons. The Balaban J connectivity index is 0.000000673. The van der Waals surface area contributed by atoms with Gasteiger partial charge in [0, 0.05) is 12.6 Å². The third kappa shape index (κ3) is 9.38. The molecule has 8 nitrogen and oxygen atoms in total. The minimum absolute atomic E-state index is 0.0261. The maximum atomic E-state index is 13.8. The molecule has 0 saturated heterocycles. The number of hydrogen-bond acceptors (Lipinski definition) is 7. The molecule has 0 amide bonds. The summed E-state index contributed by atoms with van der Waals surface area (Å²) in [4.78, 5) is 22.3. The molecule has 0 N–H and O–H groups in total. The van der Waals surface area contributed by atoms with Gasteiger partial charge in [0.25, 0.3) is 0 Å². The van der Waals surface area contributed by atoms with E-state index in [0.717, 1.165) is 17.2 Å². The first kappa shape index (κ1) is 31.3. The summed E-state index contributed by atoms with van der Waals surface area (Å²) in [6.07, 6.45) is 1.09. The van der Waals surface area contributed by atoms with Crippen molar-refractivity contribution in [1.29, 1.82) is 0 Å². The number of benzene rings is 3. The zero-order valence-corrected chi connectivity index (χ0v) is 23.3. The summed E-state index contributed by atoms with van der Waals surface area (Å²) in [6.45, 7) is 7.32. The van der Waals surface area contributed by atoms with Gasteiger partial charge in [0.15, 0.2) is 0 Å². The third-order valence-electron chi connectivity index (χ3n) is 5.48. The SMILES string of the molecule is C=CC(=O)OCC.CCOC(=O)CCN(C(c1ccccc1)c1ccccc1)S(=O)(=O)c1ccc(OC)cc1. The van der Waals surface area contributed by atoms with Crippen LogP contribution in [0.3, 0.4) is 0 Å². The monoisotopic (exact) mass is 553 g/mol. The second kappa shape index (κ2) is 16.1. The molecule has 0 unspecified atom stereocenters. The zero-order valence-electron chi connectivity index (χ0n) is 22.5. The van der Waals surface area contributed by atoms with Crippen molar-refractivity contribution in [2.24, 2.45) is 0 Å². The molecular formula is C30H35NO7S. The predicted octanol–water partition coefficient (Wildman–Crippen LogP) is 5.16. The van der Waals surface area contributed by atoms with Gasteiger partial charge < -0.3 is 14.2 Å². The van der Waals surface area contributed by atoms with Crippen LogP contribution in [0.5, 0.6) is 5.75 Å². The Bertz CT molecular complexity index is 1240. The number of methoxy groups -OCH3 is 1. The van der Waals surface area contributed by atoms with Crippen LogP contribution in [0.1, 0.15) is 37.4 Å². The molecule has 39 heavy (non-hydrogen) atoms. The topological polar surface area (TPSA) is 99.2 Å². The highest BCUT2D eigenvalue weighted by atomic mass is 32.2. The van der Waals surface area contributed by atoms with Crippen LogP contribution in [0.25, 0.3) is 0 Å². The average Bonchev–Trinajstić information content (AvgIpc) is 2.96. The first-order valence-electron chi connectivity index (χ1n) is 12.5.